The van der Waals surface area contributed by atoms with E-state index in [1.807, 2.05) is 0 Å². The maximum absolute atomic E-state index is 12.3. The number of aliphatic hydroxyl groups is 1. The number of hydrogen-bond donors (Lipinski definition) is 2. The number of alkyl halides is 2. The first-order valence-corrected chi connectivity index (χ1v) is 7.53. The van der Waals surface area contributed by atoms with Gasteiger partial charge in [-0.05, 0) is 56.8 Å². The molecule has 2 rings (SSSR count). The molecule has 0 bridgehead atoms. The first-order valence-electron chi connectivity index (χ1n) is 7.15. The highest BCUT2D eigenvalue weighted by molar-refractivity contribution is 6.32. The van der Waals surface area contributed by atoms with E-state index in [0.29, 0.717) is 12.8 Å². The molecule has 0 atom stereocenters. The summed E-state index contributed by atoms with van der Waals surface area (Å²) in [6.07, 6.45) is 3.57. The molecule has 1 aliphatic rings. The molecule has 2 N–H and O–H groups in total. The fraction of sp³-hybridized carbons (Fsp3) is 0.600. The molecule has 6 heteroatoms. The Morgan fingerprint density at radius 3 is 2.71 bits per heavy atom. The smallest absolute Gasteiger partial charge is 0.387 e. The van der Waals surface area contributed by atoms with Crippen LogP contribution in [0.1, 0.15) is 31.2 Å². The van der Waals surface area contributed by atoms with Crippen LogP contribution in [0, 0.1) is 0 Å². The van der Waals surface area contributed by atoms with Gasteiger partial charge in [0.2, 0.25) is 0 Å². The van der Waals surface area contributed by atoms with Crippen molar-refractivity contribution in [2.75, 3.05) is 13.1 Å². The lowest BCUT2D eigenvalue weighted by atomic mass is 9.87. The van der Waals surface area contributed by atoms with Crippen LogP contribution in [0.4, 0.5) is 8.78 Å². The van der Waals surface area contributed by atoms with Gasteiger partial charge in [0.15, 0.2) is 0 Å². The van der Waals surface area contributed by atoms with Crippen LogP contribution in [-0.2, 0) is 6.42 Å². The Balaban J connectivity index is 1.91. The summed E-state index contributed by atoms with van der Waals surface area (Å²) in [4.78, 5) is 0. The highest BCUT2D eigenvalue weighted by atomic mass is 35.5. The Morgan fingerprint density at radius 1 is 1.33 bits per heavy atom. The van der Waals surface area contributed by atoms with E-state index in [0.717, 1.165) is 37.9 Å². The minimum absolute atomic E-state index is 0.00439. The summed E-state index contributed by atoms with van der Waals surface area (Å²) in [5, 5.41) is 13.8. The fourth-order valence-corrected chi connectivity index (χ4v) is 2.95. The summed E-state index contributed by atoms with van der Waals surface area (Å²) < 4.78 is 28.9. The van der Waals surface area contributed by atoms with E-state index in [1.54, 1.807) is 12.1 Å². The van der Waals surface area contributed by atoms with Gasteiger partial charge >= 0.3 is 6.61 Å². The standard InChI is InChI=1S/C15H20ClF2NO2/c16-13-11(3-1-5-12(13)21-14(17)18)4-2-6-15(20)7-9-19-10-8-15/h1,3,5,14,19-20H,2,4,6-10H2. The van der Waals surface area contributed by atoms with E-state index in [2.05, 4.69) is 10.1 Å². The van der Waals surface area contributed by atoms with E-state index in [-0.39, 0.29) is 10.8 Å². The van der Waals surface area contributed by atoms with Gasteiger partial charge in [-0.15, -0.1) is 0 Å². The van der Waals surface area contributed by atoms with Gasteiger partial charge in [0.25, 0.3) is 0 Å². The Morgan fingerprint density at radius 2 is 2.05 bits per heavy atom. The summed E-state index contributed by atoms with van der Waals surface area (Å²) in [5.41, 5.74) is 0.154. The summed E-state index contributed by atoms with van der Waals surface area (Å²) in [6, 6.07) is 4.88. The molecular weight excluding hydrogens is 300 g/mol. The van der Waals surface area contributed by atoms with Crippen molar-refractivity contribution in [1.29, 1.82) is 0 Å². The molecule has 3 nitrogen and oxygen atoms in total. The third-order valence-corrected chi connectivity index (χ3v) is 4.31. The monoisotopic (exact) mass is 319 g/mol. The van der Waals surface area contributed by atoms with Gasteiger partial charge in [-0.1, -0.05) is 23.7 Å². The van der Waals surface area contributed by atoms with Crippen LogP contribution >= 0.6 is 11.6 Å². The molecule has 0 amide bonds. The lowest BCUT2D eigenvalue weighted by molar-refractivity contribution is -0.0498. The van der Waals surface area contributed by atoms with Gasteiger partial charge < -0.3 is 15.2 Å². The highest BCUT2D eigenvalue weighted by Crippen LogP contribution is 2.31. The molecule has 0 radical (unpaired) electrons. The first kappa shape index (κ1) is 16.5. The van der Waals surface area contributed by atoms with Crippen LogP contribution in [0.5, 0.6) is 5.75 Å². The van der Waals surface area contributed by atoms with Gasteiger partial charge in [-0.25, -0.2) is 0 Å². The van der Waals surface area contributed by atoms with Crippen LogP contribution in [0.3, 0.4) is 0 Å². The van der Waals surface area contributed by atoms with Gasteiger partial charge in [0.05, 0.1) is 10.6 Å². The number of rotatable bonds is 6. The Labute approximate surface area is 128 Å². The van der Waals surface area contributed by atoms with Crippen LogP contribution < -0.4 is 10.1 Å². The predicted octanol–water partition coefficient (Wildman–Crippen LogP) is 3.38. The van der Waals surface area contributed by atoms with Gasteiger partial charge in [-0.3, -0.25) is 0 Å². The van der Waals surface area contributed by atoms with Crippen LogP contribution in [0.15, 0.2) is 18.2 Å². The lowest BCUT2D eigenvalue weighted by Crippen LogP contribution is -2.41. The molecule has 0 saturated carbocycles. The molecule has 1 aromatic carbocycles. The lowest BCUT2D eigenvalue weighted by Gasteiger charge is -2.32. The van der Waals surface area contributed by atoms with Crippen molar-refractivity contribution >= 4 is 11.6 Å². The third-order valence-electron chi connectivity index (χ3n) is 3.88. The SMILES string of the molecule is OC1(CCCc2cccc(OC(F)F)c2Cl)CCNCC1. The largest absolute Gasteiger partial charge is 0.433 e. The number of aryl methyl sites for hydroxylation is 1. The molecule has 1 fully saturated rings. The summed E-state index contributed by atoms with van der Waals surface area (Å²) in [5.74, 6) is 0.00439. The molecule has 1 heterocycles. The predicted molar refractivity (Wildman–Crippen MR) is 78.1 cm³/mol. The van der Waals surface area contributed by atoms with Crippen molar-refractivity contribution in [2.24, 2.45) is 0 Å². The molecule has 1 aromatic rings. The number of piperidine rings is 1. The van der Waals surface area contributed by atoms with E-state index in [1.165, 1.54) is 6.07 Å². The van der Waals surface area contributed by atoms with Crippen molar-refractivity contribution in [3.05, 3.63) is 28.8 Å². The number of ether oxygens (including phenoxy) is 1. The second kappa shape index (κ2) is 7.38. The number of nitrogens with one attached hydrogen (secondary N) is 1. The first-order chi connectivity index (χ1) is 10.0. The molecule has 0 aromatic heterocycles. The molecule has 1 aliphatic heterocycles. The second-order valence-corrected chi connectivity index (χ2v) is 5.81. The number of hydrogen-bond acceptors (Lipinski definition) is 3. The summed E-state index contributed by atoms with van der Waals surface area (Å²) in [6.45, 7) is -1.22. The molecule has 21 heavy (non-hydrogen) atoms. The zero-order chi connectivity index (χ0) is 15.3. The Bertz CT molecular complexity index is 465. The molecular formula is C15H20ClF2NO2. The quantitative estimate of drug-likeness (QED) is 0.844. The van der Waals surface area contributed by atoms with Crippen LogP contribution in [0.25, 0.3) is 0 Å². The minimum atomic E-state index is -2.88. The Kier molecular flexibility index (Phi) is 5.79. The third kappa shape index (κ3) is 4.80. The van der Waals surface area contributed by atoms with E-state index in [4.69, 9.17) is 11.6 Å². The van der Waals surface area contributed by atoms with Gasteiger partial charge in [-0.2, -0.15) is 8.78 Å². The zero-order valence-electron chi connectivity index (χ0n) is 11.7. The number of halogens is 3. The average molecular weight is 320 g/mol. The topological polar surface area (TPSA) is 41.5 Å². The maximum Gasteiger partial charge on any atom is 0.387 e. The maximum atomic E-state index is 12.3. The molecule has 118 valence electrons. The van der Waals surface area contributed by atoms with E-state index >= 15 is 0 Å². The van der Waals surface area contributed by atoms with Gasteiger partial charge in [0.1, 0.15) is 5.75 Å². The molecule has 1 saturated heterocycles. The van der Waals surface area contributed by atoms with Crippen molar-refractivity contribution < 1.29 is 18.6 Å². The number of benzene rings is 1. The molecule has 0 aliphatic carbocycles. The Hall–Kier alpha value is -0.910. The fourth-order valence-electron chi connectivity index (χ4n) is 2.69. The normalized spacial score (nSPS) is 18.0. The summed E-state index contributed by atoms with van der Waals surface area (Å²) in [7, 11) is 0. The van der Waals surface area contributed by atoms with Crippen LogP contribution in [0.2, 0.25) is 5.02 Å². The zero-order valence-corrected chi connectivity index (χ0v) is 12.5. The average Bonchev–Trinajstić information content (AvgIpc) is 2.43. The minimum Gasteiger partial charge on any atom is -0.433 e. The van der Waals surface area contributed by atoms with Crippen LogP contribution in [-0.4, -0.2) is 30.4 Å². The van der Waals surface area contributed by atoms with Gasteiger partial charge in [0, 0.05) is 0 Å². The summed E-state index contributed by atoms with van der Waals surface area (Å²) >= 11 is 6.08. The molecule has 0 unspecified atom stereocenters. The van der Waals surface area contributed by atoms with Crippen molar-refractivity contribution in [3.8, 4) is 5.75 Å². The second-order valence-electron chi connectivity index (χ2n) is 5.44. The van der Waals surface area contributed by atoms with Crippen molar-refractivity contribution in [1.82, 2.24) is 5.32 Å². The van der Waals surface area contributed by atoms with Crippen molar-refractivity contribution in [2.45, 2.75) is 44.3 Å². The van der Waals surface area contributed by atoms with E-state index < -0.39 is 12.2 Å². The highest BCUT2D eigenvalue weighted by Gasteiger charge is 2.28. The van der Waals surface area contributed by atoms with Crippen molar-refractivity contribution in [3.63, 3.8) is 0 Å². The molecule has 0 spiro atoms. The van der Waals surface area contributed by atoms with E-state index in [9.17, 15) is 13.9 Å².